The topological polar surface area (TPSA) is 77.6 Å². The predicted molar refractivity (Wildman–Crippen MR) is 51.3 cm³/mol. The van der Waals surface area contributed by atoms with E-state index in [1.807, 2.05) is 0 Å². The zero-order valence-electron chi connectivity index (χ0n) is 8.91. The van der Waals surface area contributed by atoms with Gasteiger partial charge >= 0.3 is 6.36 Å². The summed E-state index contributed by atoms with van der Waals surface area (Å²) in [4.78, 5) is 3.57. The SMILES string of the molecule is COc1cc(CO)c(CN)nc1OC(F)(F)F. The number of alkyl halides is 3. The molecule has 0 aliphatic carbocycles. The number of hydrogen-bond acceptors (Lipinski definition) is 5. The predicted octanol–water partition coefficient (Wildman–Crippen LogP) is 0.940. The third-order valence-electron chi connectivity index (χ3n) is 1.92. The summed E-state index contributed by atoms with van der Waals surface area (Å²) < 4.78 is 44.6. The smallest absolute Gasteiger partial charge is 0.491 e. The Morgan fingerprint density at radius 2 is 2.12 bits per heavy atom. The first kappa shape index (κ1) is 13.5. The second-order valence-corrected chi connectivity index (χ2v) is 3.01. The molecule has 17 heavy (non-hydrogen) atoms. The molecule has 1 heterocycles. The Bertz CT molecular complexity index is 396. The number of methoxy groups -OCH3 is 1. The average molecular weight is 252 g/mol. The first-order valence-electron chi connectivity index (χ1n) is 4.54. The van der Waals surface area contributed by atoms with Gasteiger partial charge in [0.15, 0.2) is 5.75 Å². The van der Waals surface area contributed by atoms with E-state index in [0.717, 1.165) is 0 Å². The summed E-state index contributed by atoms with van der Waals surface area (Å²) in [5.41, 5.74) is 5.71. The minimum atomic E-state index is -4.87. The van der Waals surface area contributed by atoms with Gasteiger partial charge in [-0.25, -0.2) is 4.98 Å². The van der Waals surface area contributed by atoms with Crippen LogP contribution in [0.3, 0.4) is 0 Å². The summed E-state index contributed by atoms with van der Waals surface area (Å²) >= 11 is 0. The van der Waals surface area contributed by atoms with Gasteiger partial charge < -0.3 is 20.3 Å². The largest absolute Gasteiger partial charge is 0.574 e. The van der Waals surface area contributed by atoms with Gasteiger partial charge in [0, 0.05) is 12.1 Å². The quantitative estimate of drug-likeness (QED) is 0.833. The number of nitrogens with zero attached hydrogens (tertiary/aromatic N) is 1. The Kier molecular flexibility index (Phi) is 4.13. The standard InChI is InChI=1S/C9H11F3N2O3/c1-16-7-2-5(4-15)6(3-13)14-8(7)17-9(10,11)12/h2,15H,3-4,13H2,1H3. The number of pyridine rings is 1. The molecular weight excluding hydrogens is 241 g/mol. The van der Waals surface area contributed by atoms with Crippen molar-refractivity contribution in [3.63, 3.8) is 0 Å². The molecule has 0 aliphatic heterocycles. The fraction of sp³-hybridized carbons (Fsp3) is 0.444. The normalized spacial score (nSPS) is 11.4. The Hall–Kier alpha value is -1.54. The highest BCUT2D eigenvalue weighted by atomic mass is 19.4. The third kappa shape index (κ3) is 3.46. The number of aliphatic hydroxyl groups excluding tert-OH is 1. The maximum Gasteiger partial charge on any atom is 0.574 e. The van der Waals surface area contributed by atoms with Crippen LogP contribution in [0.25, 0.3) is 0 Å². The van der Waals surface area contributed by atoms with E-state index in [1.54, 1.807) is 0 Å². The molecule has 0 atom stereocenters. The Labute approximate surface area is 95.0 Å². The van der Waals surface area contributed by atoms with Crippen LogP contribution in [0, 0.1) is 0 Å². The number of nitrogens with two attached hydrogens (primary N) is 1. The number of aromatic nitrogens is 1. The average Bonchev–Trinajstić information content (AvgIpc) is 2.26. The van der Waals surface area contributed by atoms with Gasteiger partial charge in [0.2, 0.25) is 0 Å². The van der Waals surface area contributed by atoms with Crippen LogP contribution in [0.5, 0.6) is 11.6 Å². The van der Waals surface area contributed by atoms with Crippen molar-refractivity contribution in [3.05, 3.63) is 17.3 Å². The van der Waals surface area contributed by atoms with Gasteiger partial charge in [-0.3, -0.25) is 0 Å². The number of halogens is 3. The Balaban J connectivity index is 3.19. The lowest BCUT2D eigenvalue weighted by molar-refractivity contribution is -0.276. The van der Waals surface area contributed by atoms with E-state index in [0.29, 0.717) is 5.56 Å². The van der Waals surface area contributed by atoms with E-state index >= 15 is 0 Å². The van der Waals surface area contributed by atoms with E-state index in [9.17, 15) is 13.2 Å². The molecule has 1 aromatic rings. The minimum Gasteiger partial charge on any atom is -0.491 e. The fourth-order valence-electron chi connectivity index (χ4n) is 1.20. The van der Waals surface area contributed by atoms with Crippen molar-refractivity contribution >= 4 is 0 Å². The number of rotatable bonds is 4. The van der Waals surface area contributed by atoms with E-state index in [4.69, 9.17) is 15.6 Å². The van der Waals surface area contributed by atoms with Gasteiger partial charge in [-0.05, 0) is 6.07 Å². The fourth-order valence-corrected chi connectivity index (χ4v) is 1.20. The van der Waals surface area contributed by atoms with Crippen molar-refractivity contribution in [1.29, 1.82) is 0 Å². The van der Waals surface area contributed by atoms with Crippen molar-refractivity contribution in [2.75, 3.05) is 7.11 Å². The van der Waals surface area contributed by atoms with Crippen LogP contribution in [0.15, 0.2) is 6.07 Å². The highest BCUT2D eigenvalue weighted by Crippen LogP contribution is 2.31. The second kappa shape index (κ2) is 5.19. The number of hydrogen-bond donors (Lipinski definition) is 2. The first-order valence-corrected chi connectivity index (χ1v) is 4.54. The zero-order valence-corrected chi connectivity index (χ0v) is 8.91. The molecule has 0 aliphatic rings. The van der Waals surface area contributed by atoms with Gasteiger partial charge in [0.05, 0.1) is 19.4 Å². The van der Waals surface area contributed by atoms with E-state index in [2.05, 4.69) is 9.72 Å². The molecule has 96 valence electrons. The maximum absolute atomic E-state index is 12.1. The molecule has 1 rings (SSSR count). The van der Waals surface area contributed by atoms with Crippen molar-refractivity contribution in [3.8, 4) is 11.6 Å². The molecule has 0 unspecified atom stereocenters. The molecule has 8 heteroatoms. The summed E-state index contributed by atoms with van der Waals surface area (Å²) in [5.74, 6) is -0.943. The highest BCUT2D eigenvalue weighted by Gasteiger charge is 2.33. The van der Waals surface area contributed by atoms with Crippen LogP contribution in [0.1, 0.15) is 11.3 Å². The van der Waals surface area contributed by atoms with Crippen molar-refractivity contribution in [1.82, 2.24) is 4.98 Å². The highest BCUT2D eigenvalue weighted by molar-refractivity contribution is 5.39. The van der Waals surface area contributed by atoms with Crippen molar-refractivity contribution in [2.45, 2.75) is 19.5 Å². The summed E-state index contributed by atoms with van der Waals surface area (Å²) in [6.07, 6.45) is -4.87. The zero-order chi connectivity index (χ0) is 13.1. The van der Waals surface area contributed by atoms with Crippen LogP contribution in [0.4, 0.5) is 13.2 Å². The lowest BCUT2D eigenvalue weighted by Crippen LogP contribution is -2.19. The molecule has 3 N–H and O–H groups in total. The third-order valence-corrected chi connectivity index (χ3v) is 1.92. The molecule has 0 radical (unpaired) electrons. The minimum absolute atomic E-state index is 0.117. The molecule has 0 aromatic carbocycles. The monoisotopic (exact) mass is 252 g/mol. The van der Waals surface area contributed by atoms with Crippen molar-refractivity contribution in [2.24, 2.45) is 5.73 Å². The van der Waals surface area contributed by atoms with Crippen LogP contribution in [0.2, 0.25) is 0 Å². The molecular formula is C9H11F3N2O3. The molecule has 5 nitrogen and oxygen atoms in total. The maximum atomic E-state index is 12.1. The molecule has 0 amide bonds. The second-order valence-electron chi connectivity index (χ2n) is 3.01. The first-order chi connectivity index (χ1) is 7.91. The summed E-state index contributed by atoms with van der Waals surface area (Å²) in [5, 5.41) is 8.98. The summed E-state index contributed by atoms with van der Waals surface area (Å²) in [6.45, 7) is -0.518. The van der Waals surface area contributed by atoms with Gasteiger partial charge in [-0.1, -0.05) is 0 Å². The van der Waals surface area contributed by atoms with E-state index in [-0.39, 0.29) is 18.0 Å². The van der Waals surface area contributed by atoms with Gasteiger partial charge in [0.25, 0.3) is 5.88 Å². The van der Waals surface area contributed by atoms with E-state index in [1.165, 1.54) is 13.2 Å². The Morgan fingerprint density at radius 3 is 2.53 bits per heavy atom. The van der Waals surface area contributed by atoms with Crippen LogP contribution < -0.4 is 15.2 Å². The summed E-state index contributed by atoms with van der Waals surface area (Å²) in [6, 6.07) is 1.20. The number of ether oxygens (including phenoxy) is 2. The lowest BCUT2D eigenvalue weighted by atomic mass is 10.2. The van der Waals surface area contributed by atoms with Gasteiger partial charge in [-0.15, -0.1) is 13.2 Å². The van der Waals surface area contributed by atoms with E-state index < -0.39 is 18.8 Å². The Morgan fingerprint density at radius 1 is 1.47 bits per heavy atom. The molecule has 1 aromatic heterocycles. The molecule has 0 fully saturated rings. The molecule has 0 bridgehead atoms. The number of aliphatic hydroxyl groups is 1. The van der Waals surface area contributed by atoms with Crippen molar-refractivity contribution < 1.29 is 27.8 Å². The molecule has 0 saturated heterocycles. The van der Waals surface area contributed by atoms with Gasteiger partial charge in [0.1, 0.15) is 0 Å². The molecule has 0 saturated carbocycles. The van der Waals surface area contributed by atoms with Crippen LogP contribution in [-0.4, -0.2) is 23.6 Å². The lowest BCUT2D eigenvalue weighted by Gasteiger charge is -2.14. The van der Waals surface area contributed by atoms with Gasteiger partial charge in [-0.2, -0.15) is 0 Å². The molecule has 0 spiro atoms. The van der Waals surface area contributed by atoms with Crippen LogP contribution >= 0.6 is 0 Å². The summed E-state index contributed by atoms with van der Waals surface area (Å²) in [7, 11) is 1.17. The van der Waals surface area contributed by atoms with Crippen LogP contribution in [-0.2, 0) is 13.2 Å².